The van der Waals surface area contributed by atoms with Gasteiger partial charge in [0.2, 0.25) is 17.7 Å². The molecule has 30 heavy (non-hydrogen) atoms. The lowest BCUT2D eigenvalue weighted by Crippen LogP contribution is -3.10. The Morgan fingerprint density at radius 1 is 1.00 bits per heavy atom. The third kappa shape index (κ3) is 6.00. The lowest BCUT2D eigenvalue weighted by molar-refractivity contribution is -0.910. The fourth-order valence-corrected chi connectivity index (χ4v) is 3.34. The van der Waals surface area contributed by atoms with Gasteiger partial charge in [-0.25, -0.2) is 0 Å². The second-order valence-electron chi connectivity index (χ2n) is 7.55. The summed E-state index contributed by atoms with van der Waals surface area (Å²) in [6, 6.07) is 16.2. The maximum atomic E-state index is 12.3. The fraction of sp³-hybridized carbons (Fsp3) is 0.375. The van der Waals surface area contributed by atoms with Crippen LogP contribution in [-0.2, 0) is 24.3 Å². The van der Waals surface area contributed by atoms with Gasteiger partial charge in [0.1, 0.15) is 6.54 Å². The van der Waals surface area contributed by atoms with E-state index in [1.54, 1.807) is 0 Å². The van der Waals surface area contributed by atoms with Crippen molar-refractivity contribution >= 4 is 5.91 Å². The van der Waals surface area contributed by atoms with Gasteiger partial charge >= 0.3 is 0 Å². The molecule has 3 rings (SSSR count). The summed E-state index contributed by atoms with van der Waals surface area (Å²) in [6.07, 6.45) is 0.745. The zero-order valence-electron chi connectivity index (χ0n) is 18.1. The van der Waals surface area contributed by atoms with Gasteiger partial charge in [-0.1, -0.05) is 42.0 Å². The molecule has 0 aliphatic heterocycles. The van der Waals surface area contributed by atoms with Gasteiger partial charge in [0.15, 0.2) is 0 Å². The molecule has 0 saturated heterocycles. The molecule has 6 nitrogen and oxygen atoms in total. The first-order chi connectivity index (χ1) is 14.6. The Labute approximate surface area is 178 Å². The van der Waals surface area contributed by atoms with E-state index in [1.165, 1.54) is 21.6 Å². The molecule has 0 fully saturated rings. The molecule has 0 unspecified atom stereocenters. The minimum absolute atomic E-state index is 0.0184. The maximum Gasteiger partial charge on any atom is 0.247 e. The van der Waals surface area contributed by atoms with Crippen molar-refractivity contribution in [3.8, 4) is 11.5 Å². The third-order valence-corrected chi connectivity index (χ3v) is 5.37. The Balaban J connectivity index is 1.51. The summed E-state index contributed by atoms with van der Waals surface area (Å²) in [6.45, 7) is 10.1. The molecule has 1 amide bonds. The Morgan fingerprint density at radius 2 is 1.70 bits per heavy atom. The van der Waals surface area contributed by atoms with Crippen LogP contribution in [0.5, 0.6) is 0 Å². The van der Waals surface area contributed by atoms with E-state index >= 15 is 0 Å². The van der Waals surface area contributed by atoms with Crippen molar-refractivity contribution in [3.05, 3.63) is 71.1 Å². The van der Waals surface area contributed by atoms with E-state index in [1.807, 2.05) is 37.3 Å². The summed E-state index contributed by atoms with van der Waals surface area (Å²) >= 11 is 0. The van der Waals surface area contributed by atoms with E-state index in [-0.39, 0.29) is 5.91 Å². The molecule has 2 N–H and O–H groups in total. The highest BCUT2D eigenvalue weighted by Gasteiger charge is 2.12. The molecule has 158 valence electrons. The van der Waals surface area contributed by atoms with Crippen molar-refractivity contribution < 1.29 is 14.1 Å². The van der Waals surface area contributed by atoms with Crippen molar-refractivity contribution in [2.75, 3.05) is 13.1 Å². The normalized spacial score (nSPS) is 11.1. The fourth-order valence-electron chi connectivity index (χ4n) is 3.34. The molecular formula is C24H31N4O2+. The van der Waals surface area contributed by atoms with E-state index in [0.717, 1.165) is 25.2 Å². The highest BCUT2D eigenvalue weighted by atomic mass is 16.4. The molecule has 1 heterocycles. The lowest BCUT2D eigenvalue weighted by Gasteiger charge is -2.17. The van der Waals surface area contributed by atoms with Gasteiger partial charge in [0.25, 0.3) is 0 Å². The molecule has 3 aromatic rings. The van der Waals surface area contributed by atoms with Crippen LogP contribution in [0, 0.1) is 6.92 Å². The number of nitrogens with zero attached hydrogens (tertiary/aromatic N) is 2. The average Bonchev–Trinajstić information content (AvgIpc) is 3.24. The third-order valence-electron chi connectivity index (χ3n) is 5.37. The molecular weight excluding hydrogens is 376 g/mol. The van der Waals surface area contributed by atoms with Crippen molar-refractivity contribution in [1.82, 2.24) is 15.5 Å². The molecule has 0 saturated carbocycles. The number of hydrogen-bond acceptors (Lipinski definition) is 4. The predicted molar refractivity (Wildman–Crippen MR) is 117 cm³/mol. The Hall–Kier alpha value is -2.99. The van der Waals surface area contributed by atoms with Crippen LogP contribution in [0.1, 0.15) is 42.8 Å². The number of carbonyl (C=O) groups is 1. The maximum absolute atomic E-state index is 12.3. The minimum Gasteiger partial charge on any atom is -0.421 e. The molecule has 0 aliphatic rings. The Bertz CT molecular complexity index is 946. The second kappa shape index (κ2) is 10.7. The molecule has 0 radical (unpaired) electrons. The first-order valence-corrected chi connectivity index (χ1v) is 10.7. The number of benzene rings is 2. The quantitative estimate of drug-likeness (QED) is 0.542. The number of aryl methyl sites for hydroxylation is 2. The van der Waals surface area contributed by atoms with Crippen molar-refractivity contribution in [1.29, 1.82) is 0 Å². The lowest BCUT2D eigenvalue weighted by atomic mass is 10.1. The van der Waals surface area contributed by atoms with Crippen LogP contribution in [0.25, 0.3) is 11.5 Å². The van der Waals surface area contributed by atoms with Gasteiger partial charge in [-0.3, -0.25) is 4.79 Å². The van der Waals surface area contributed by atoms with Crippen LogP contribution in [0.4, 0.5) is 0 Å². The molecule has 0 spiro atoms. The van der Waals surface area contributed by atoms with E-state index < -0.39 is 0 Å². The van der Waals surface area contributed by atoms with Gasteiger partial charge in [0, 0.05) is 30.5 Å². The molecule has 2 aromatic carbocycles. The van der Waals surface area contributed by atoms with Crippen molar-refractivity contribution in [3.63, 3.8) is 0 Å². The molecule has 0 bridgehead atoms. The van der Waals surface area contributed by atoms with E-state index in [9.17, 15) is 4.79 Å². The molecule has 0 aliphatic carbocycles. The Morgan fingerprint density at radius 3 is 2.40 bits per heavy atom. The number of quaternary nitrogens is 1. The van der Waals surface area contributed by atoms with Gasteiger partial charge in [-0.2, -0.15) is 0 Å². The van der Waals surface area contributed by atoms with Crippen LogP contribution in [0.2, 0.25) is 0 Å². The van der Waals surface area contributed by atoms with Gasteiger partial charge < -0.3 is 14.6 Å². The van der Waals surface area contributed by atoms with Gasteiger partial charge in [-0.05, 0) is 38.5 Å². The number of amides is 1. The SMILES string of the molecule is CC[NH+](CC)Cc1ccccc1CNC(=O)CCc1nnc(-c2ccc(C)cc2)o1. The smallest absolute Gasteiger partial charge is 0.247 e. The number of carbonyl (C=O) groups excluding carboxylic acids is 1. The number of rotatable bonds is 10. The number of aromatic nitrogens is 2. The second-order valence-corrected chi connectivity index (χ2v) is 7.55. The zero-order chi connectivity index (χ0) is 21.3. The topological polar surface area (TPSA) is 72.5 Å². The van der Waals surface area contributed by atoms with E-state index in [0.29, 0.717) is 31.2 Å². The van der Waals surface area contributed by atoms with Crippen molar-refractivity contribution in [2.45, 2.75) is 46.7 Å². The first-order valence-electron chi connectivity index (χ1n) is 10.7. The predicted octanol–water partition coefficient (Wildman–Crippen LogP) is 2.72. The van der Waals surface area contributed by atoms with Crippen LogP contribution < -0.4 is 10.2 Å². The van der Waals surface area contributed by atoms with Crippen LogP contribution in [0.3, 0.4) is 0 Å². The summed E-state index contributed by atoms with van der Waals surface area (Å²) in [4.78, 5) is 13.9. The highest BCUT2D eigenvalue weighted by molar-refractivity contribution is 5.76. The summed E-state index contributed by atoms with van der Waals surface area (Å²) < 4.78 is 5.71. The van der Waals surface area contributed by atoms with E-state index in [4.69, 9.17) is 4.42 Å². The van der Waals surface area contributed by atoms with Crippen LogP contribution in [0.15, 0.2) is 52.9 Å². The van der Waals surface area contributed by atoms with Crippen LogP contribution >= 0.6 is 0 Å². The molecule has 1 aromatic heterocycles. The summed E-state index contributed by atoms with van der Waals surface area (Å²) in [5.41, 5.74) is 4.52. The highest BCUT2D eigenvalue weighted by Crippen LogP contribution is 2.18. The standard InChI is InChI=1S/C24H30N4O2/c1-4-28(5-2)17-21-9-7-6-8-20(21)16-25-22(29)14-15-23-26-27-24(30-23)19-12-10-18(3)11-13-19/h6-13H,4-5,14-17H2,1-3H3,(H,25,29)/p+1. The van der Waals surface area contributed by atoms with E-state index in [2.05, 4.69) is 47.6 Å². The average molecular weight is 408 g/mol. The summed E-state index contributed by atoms with van der Waals surface area (Å²) in [5.74, 6) is 0.944. The monoisotopic (exact) mass is 407 g/mol. The zero-order valence-corrected chi connectivity index (χ0v) is 18.1. The Kier molecular flexibility index (Phi) is 7.74. The number of hydrogen-bond donors (Lipinski definition) is 2. The van der Waals surface area contributed by atoms with Crippen molar-refractivity contribution in [2.24, 2.45) is 0 Å². The largest absolute Gasteiger partial charge is 0.421 e. The van der Waals surface area contributed by atoms with Gasteiger partial charge in [-0.15, -0.1) is 10.2 Å². The van der Waals surface area contributed by atoms with Crippen LogP contribution in [-0.4, -0.2) is 29.2 Å². The molecule has 6 heteroatoms. The molecule has 0 atom stereocenters. The minimum atomic E-state index is -0.0184. The number of nitrogens with one attached hydrogen (secondary N) is 2. The summed E-state index contributed by atoms with van der Waals surface area (Å²) in [7, 11) is 0. The summed E-state index contributed by atoms with van der Waals surface area (Å²) in [5, 5.41) is 11.2. The first kappa shape index (κ1) is 21.7. The van der Waals surface area contributed by atoms with Gasteiger partial charge in [0.05, 0.1) is 13.1 Å².